The van der Waals surface area contributed by atoms with E-state index in [4.69, 9.17) is 14.0 Å². The monoisotopic (exact) mass is 393 g/mol. The number of fused-ring (bicyclic) bond motifs is 1. The number of esters is 1. The van der Waals surface area contributed by atoms with Gasteiger partial charge in [0.1, 0.15) is 12.3 Å². The first kappa shape index (κ1) is 18.4. The van der Waals surface area contributed by atoms with E-state index >= 15 is 0 Å². The second-order valence-corrected chi connectivity index (χ2v) is 6.11. The Labute approximate surface area is 164 Å². The van der Waals surface area contributed by atoms with E-state index in [9.17, 15) is 14.4 Å². The Morgan fingerprint density at radius 2 is 1.62 bits per heavy atom. The molecular weight excluding hydrogens is 378 g/mol. The van der Waals surface area contributed by atoms with Crippen LogP contribution in [0.1, 0.15) is 26.6 Å². The molecule has 3 aromatic rings. The summed E-state index contributed by atoms with van der Waals surface area (Å²) in [5.74, 6) is -0.896. The van der Waals surface area contributed by atoms with Crippen LogP contribution < -0.4 is 4.74 Å². The second-order valence-electron chi connectivity index (χ2n) is 6.11. The standard InChI is InChI=1S/C20H15N3O6/c1-27-15-9-5-4-8-14(15)18-21-16(29-22-18)11-28-17(24)10-23-19(25)12-6-2-3-7-13(12)20(23)26/h2-9H,10-11H2,1H3. The van der Waals surface area contributed by atoms with Crippen molar-refractivity contribution in [2.24, 2.45) is 0 Å². The largest absolute Gasteiger partial charge is 0.496 e. The van der Waals surface area contributed by atoms with Crippen LogP contribution in [-0.2, 0) is 16.1 Å². The van der Waals surface area contributed by atoms with Crippen molar-refractivity contribution in [3.63, 3.8) is 0 Å². The molecule has 0 saturated heterocycles. The fourth-order valence-electron chi connectivity index (χ4n) is 2.95. The van der Waals surface area contributed by atoms with Crippen LogP contribution in [0, 0.1) is 0 Å². The van der Waals surface area contributed by atoms with Gasteiger partial charge in [-0.1, -0.05) is 29.4 Å². The van der Waals surface area contributed by atoms with Crippen LogP contribution in [0.3, 0.4) is 0 Å². The number of hydrogen-bond donors (Lipinski definition) is 0. The second kappa shape index (κ2) is 7.55. The molecule has 2 aromatic carbocycles. The number of benzene rings is 2. The highest BCUT2D eigenvalue weighted by Crippen LogP contribution is 2.27. The number of para-hydroxylation sites is 1. The van der Waals surface area contributed by atoms with E-state index in [-0.39, 0.29) is 29.4 Å². The zero-order valence-electron chi connectivity index (χ0n) is 15.3. The molecule has 1 aliphatic rings. The normalized spacial score (nSPS) is 12.8. The zero-order valence-corrected chi connectivity index (χ0v) is 15.3. The highest BCUT2D eigenvalue weighted by Gasteiger charge is 2.36. The molecule has 0 aliphatic carbocycles. The summed E-state index contributed by atoms with van der Waals surface area (Å²) in [7, 11) is 1.53. The SMILES string of the molecule is COc1ccccc1-c1noc(COC(=O)CN2C(=O)c3ccccc3C2=O)n1. The summed E-state index contributed by atoms with van der Waals surface area (Å²) in [6.07, 6.45) is 0. The lowest BCUT2D eigenvalue weighted by atomic mass is 10.1. The average molecular weight is 393 g/mol. The van der Waals surface area contributed by atoms with Crippen LogP contribution in [0.15, 0.2) is 53.1 Å². The summed E-state index contributed by atoms with van der Waals surface area (Å²) < 4.78 is 15.4. The van der Waals surface area contributed by atoms with Gasteiger partial charge in [0, 0.05) is 0 Å². The lowest BCUT2D eigenvalue weighted by Crippen LogP contribution is -2.35. The van der Waals surface area contributed by atoms with Crippen molar-refractivity contribution in [3.05, 3.63) is 65.5 Å². The van der Waals surface area contributed by atoms with Crippen molar-refractivity contribution in [1.29, 1.82) is 0 Å². The summed E-state index contributed by atoms with van der Waals surface area (Å²) >= 11 is 0. The summed E-state index contributed by atoms with van der Waals surface area (Å²) in [5, 5.41) is 3.85. The van der Waals surface area contributed by atoms with Gasteiger partial charge in [-0.05, 0) is 24.3 Å². The van der Waals surface area contributed by atoms with Crippen LogP contribution in [0.25, 0.3) is 11.4 Å². The molecular formula is C20H15N3O6. The molecule has 0 atom stereocenters. The topological polar surface area (TPSA) is 112 Å². The lowest BCUT2D eigenvalue weighted by Gasteiger charge is -2.12. The van der Waals surface area contributed by atoms with Crippen LogP contribution in [0.5, 0.6) is 5.75 Å². The third-order valence-corrected chi connectivity index (χ3v) is 4.34. The molecule has 9 nitrogen and oxygen atoms in total. The molecule has 2 heterocycles. The summed E-state index contributed by atoms with van der Waals surface area (Å²) in [4.78, 5) is 41.7. The number of carbonyl (C=O) groups is 3. The van der Waals surface area contributed by atoms with Crippen LogP contribution in [0.2, 0.25) is 0 Å². The Morgan fingerprint density at radius 3 is 2.28 bits per heavy atom. The van der Waals surface area contributed by atoms with Crippen molar-refractivity contribution in [2.75, 3.05) is 13.7 Å². The van der Waals surface area contributed by atoms with Crippen LogP contribution in [-0.4, -0.2) is 46.5 Å². The number of rotatable bonds is 6. The van der Waals surface area contributed by atoms with Crippen molar-refractivity contribution in [2.45, 2.75) is 6.61 Å². The predicted octanol–water partition coefficient (Wildman–Crippen LogP) is 2.08. The van der Waals surface area contributed by atoms with Gasteiger partial charge in [-0.2, -0.15) is 4.98 Å². The van der Waals surface area contributed by atoms with E-state index in [2.05, 4.69) is 10.1 Å². The van der Waals surface area contributed by atoms with Crippen molar-refractivity contribution >= 4 is 17.8 Å². The van der Waals surface area contributed by atoms with E-state index in [0.29, 0.717) is 11.3 Å². The number of ether oxygens (including phenoxy) is 2. The van der Waals surface area contributed by atoms with Gasteiger partial charge in [0.05, 0.1) is 23.8 Å². The van der Waals surface area contributed by atoms with Gasteiger partial charge in [-0.3, -0.25) is 19.3 Å². The maximum Gasteiger partial charge on any atom is 0.326 e. The number of amides is 2. The first-order valence-electron chi connectivity index (χ1n) is 8.65. The van der Waals surface area contributed by atoms with E-state index in [1.54, 1.807) is 42.5 Å². The van der Waals surface area contributed by atoms with Gasteiger partial charge in [0.25, 0.3) is 17.7 Å². The van der Waals surface area contributed by atoms with Crippen molar-refractivity contribution in [3.8, 4) is 17.1 Å². The molecule has 146 valence electrons. The average Bonchev–Trinajstić information content (AvgIpc) is 3.32. The van der Waals surface area contributed by atoms with Crippen molar-refractivity contribution < 1.29 is 28.4 Å². The zero-order chi connectivity index (χ0) is 20.4. The van der Waals surface area contributed by atoms with Gasteiger partial charge in [0.15, 0.2) is 6.61 Å². The lowest BCUT2D eigenvalue weighted by molar-refractivity contribution is -0.146. The Kier molecular flexibility index (Phi) is 4.78. The number of aromatic nitrogens is 2. The van der Waals surface area contributed by atoms with Crippen LogP contribution in [0.4, 0.5) is 0 Å². The smallest absolute Gasteiger partial charge is 0.326 e. The molecule has 0 radical (unpaired) electrons. The fourth-order valence-corrected chi connectivity index (χ4v) is 2.95. The molecule has 1 aromatic heterocycles. The van der Waals surface area contributed by atoms with Gasteiger partial charge in [-0.25, -0.2) is 0 Å². The Bertz CT molecular complexity index is 1070. The number of carbonyl (C=O) groups excluding carboxylic acids is 3. The fraction of sp³-hybridized carbons (Fsp3) is 0.150. The van der Waals surface area contributed by atoms with Crippen molar-refractivity contribution in [1.82, 2.24) is 15.0 Å². The molecule has 2 amide bonds. The van der Waals surface area contributed by atoms with E-state index < -0.39 is 24.3 Å². The van der Waals surface area contributed by atoms with Gasteiger partial charge >= 0.3 is 5.97 Å². The first-order valence-corrected chi connectivity index (χ1v) is 8.65. The van der Waals surface area contributed by atoms with Gasteiger partial charge in [0.2, 0.25) is 5.82 Å². The molecule has 0 fully saturated rings. The molecule has 0 N–H and O–H groups in total. The van der Waals surface area contributed by atoms with E-state index in [1.165, 1.54) is 7.11 Å². The number of nitrogens with zero attached hydrogens (tertiary/aromatic N) is 3. The van der Waals surface area contributed by atoms with E-state index in [1.807, 2.05) is 6.07 Å². The molecule has 0 bridgehead atoms. The van der Waals surface area contributed by atoms with Crippen LogP contribution >= 0.6 is 0 Å². The molecule has 9 heteroatoms. The number of imide groups is 1. The maximum absolute atomic E-state index is 12.3. The molecule has 0 spiro atoms. The molecule has 29 heavy (non-hydrogen) atoms. The number of hydrogen-bond acceptors (Lipinski definition) is 8. The quantitative estimate of drug-likeness (QED) is 0.462. The maximum atomic E-state index is 12.3. The summed E-state index contributed by atoms with van der Waals surface area (Å²) in [5.41, 5.74) is 1.16. The number of methoxy groups -OCH3 is 1. The summed E-state index contributed by atoms with van der Waals surface area (Å²) in [6.45, 7) is -0.788. The van der Waals surface area contributed by atoms with Gasteiger partial charge in [-0.15, -0.1) is 0 Å². The molecule has 4 rings (SSSR count). The summed E-state index contributed by atoms with van der Waals surface area (Å²) in [6, 6.07) is 13.5. The highest BCUT2D eigenvalue weighted by atomic mass is 16.6. The minimum absolute atomic E-state index is 0.0709. The van der Waals surface area contributed by atoms with E-state index in [0.717, 1.165) is 4.90 Å². The third-order valence-electron chi connectivity index (χ3n) is 4.34. The Morgan fingerprint density at radius 1 is 1.00 bits per heavy atom. The predicted molar refractivity (Wildman–Crippen MR) is 97.9 cm³/mol. The minimum atomic E-state index is -0.767. The minimum Gasteiger partial charge on any atom is -0.496 e. The Hall–Kier alpha value is -4.01. The third kappa shape index (κ3) is 3.45. The highest BCUT2D eigenvalue weighted by molar-refractivity contribution is 6.22. The molecule has 0 saturated carbocycles. The van der Waals surface area contributed by atoms with Gasteiger partial charge < -0.3 is 14.0 Å². The molecule has 1 aliphatic heterocycles. The first-order chi connectivity index (χ1) is 14.1. The Balaban J connectivity index is 1.38. The molecule has 0 unspecified atom stereocenters.